The van der Waals surface area contributed by atoms with Gasteiger partial charge in [0.25, 0.3) is 10.2 Å². The van der Waals surface area contributed by atoms with Crippen molar-refractivity contribution in [1.82, 2.24) is 0 Å². The molecule has 0 aromatic heterocycles. The fourth-order valence-corrected chi connectivity index (χ4v) is 1.62. The van der Waals surface area contributed by atoms with Crippen LogP contribution in [0, 0.1) is 0 Å². The molecule has 0 atom stereocenters. The minimum absolute atomic E-state index is 0.0436. The zero-order chi connectivity index (χ0) is 12.2. The van der Waals surface area contributed by atoms with E-state index in [0.717, 1.165) is 5.56 Å². The zero-order valence-corrected chi connectivity index (χ0v) is 9.20. The monoisotopic (exact) mass is 244 g/mol. The van der Waals surface area contributed by atoms with Crippen molar-refractivity contribution in [3.8, 4) is 0 Å². The molecule has 0 amide bonds. The van der Waals surface area contributed by atoms with E-state index in [1.54, 1.807) is 12.1 Å². The summed E-state index contributed by atoms with van der Waals surface area (Å²) in [7, 11) is -3.76. The largest absolute Gasteiger partial charge is 0.481 e. The topological polar surface area (TPSA) is 109 Å². The Bertz CT molecular complexity index is 467. The molecule has 4 N–H and O–H groups in total. The molecule has 1 aromatic carbocycles. The van der Waals surface area contributed by atoms with Gasteiger partial charge in [0.15, 0.2) is 0 Å². The maximum atomic E-state index is 10.7. The minimum atomic E-state index is -3.76. The van der Waals surface area contributed by atoms with Crippen molar-refractivity contribution in [1.29, 1.82) is 0 Å². The van der Waals surface area contributed by atoms with E-state index in [4.69, 9.17) is 10.2 Å². The van der Waals surface area contributed by atoms with Crippen LogP contribution in [-0.2, 0) is 21.4 Å². The van der Waals surface area contributed by atoms with Crippen molar-refractivity contribution in [3.05, 3.63) is 29.8 Å². The van der Waals surface area contributed by atoms with Gasteiger partial charge in [0.2, 0.25) is 0 Å². The molecule has 88 valence electrons. The Kier molecular flexibility index (Phi) is 3.86. The predicted octanol–water partition coefficient (Wildman–Crippen LogP) is 0.319. The summed E-state index contributed by atoms with van der Waals surface area (Å²) in [5, 5.41) is 13.3. The highest BCUT2D eigenvalue weighted by Gasteiger charge is 2.02. The van der Waals surface area contributed by atoms with Crippen LogP contribution in [0.5, 0.6) is 0 Å². The molecule has 0 aliphatic heterocycles. The first-order valence-electron chi connectivity index (χ1n) is 4.48. The van der Waals surface area contributed by atoms with Gasteiger partial charge in [-0.05, 0) is 24.1 Å². The van der Waals surface area contributed by atoms with Gasteiger partial charge in [-0.3, -0.25) is 9.52 Å². The number of aryl methyl sites for hydroxylation is 1. The summed E-state index contributed by atoms with van der Waals surface area (Å²) in [4.78, 5) is 10.3. The Morgan fingerprint density at radius 2 is 1.88 bits per heavy atom. The lowest BCUT2D eigenvalue weighted by atomic mass is 10.1. The summed E-state index contributed by atoms with van der Waals surface area (Å²) in [6.45, 7) is 0. The first-order valence-corrected chi connectivity index (χ1v) is 6.03. The molecule has 0 saturated heterocycles. The van der Waals surface area contributed by atoms with Crippen LogP contribution in [0.3, 0.4) is 0 Å². The van der Waals surface area contributed by atoms with Crippen LogP contribution in [0.25, 0.3) is 0 Å². The van der Waals surface area contributed by atoms with Crippen molar-refractivity contribution in [2.75, 3.05) is 4.72 Å². The quantitative estimate of drug-likeness (QED) is 0.692. The number of nitrogens with two attached hydrogens (primary N) is 1. The summed E-state index contributed by atoms with van der Waals surface area (Å²) in [6, 6.07) is 6.36. The van der Waals surface area contributed by atoms with E-state index in [9.17, 15) is 13.2 Å². The Labute approximate surface area is 93.3 Å². The average Bonchev–Trinajstić information content (AvgIpc) is 2.14. The SMILES string of the molecule is NS(=O)(=O)Nc1ccc(CCC(=O)O)cc1. The van der Waals surface area contributed by atoms with Gasteiger partial charge in [-0.1, -0.05) is 12.1 Å². The number of hydrogen-bond donors (Lipinski definition) is 3. The molecule has 0 fully saturated rings. The molecule has 0 spiro atoms. The standard InChI is InChI=1S/C9H12N2O4S/c10-16(14,15)11-8-4-1-7(2-5-8)3-6-9(12)13/h1-2,4-5,11H,3,6H2,(H,12,13)(H2,10,14,15). The van der Waals surface area contributed by atoms with Crippen LogP contribution in [0.2, 0.25) is 0 Å². The highest BCUT2D eigenvalue weighted by atomic mass is 32.2. The van der Waals surface area contributed by atoms with E-state index in [1.165, 1.54) is 12.1 Å². The van der Waals surface area contributed by atoms with E-state index in [2.05, 4.69) is 4.72 Å². The lowest BCUT2D eigenvalue weighted by molar-refractivity contribution is -0.136. The summed E-state index contributed by atoms with van der Waals surface area (Å²) in [6.07, 6.45) is 0.451. The van der Waals surface area contributed by atoms with Gasteiger partial charge in [0.05, 0.1) is 0 Å². The second kappa shape index (κ2) is 4.95. The van der Waals surface area contributed by atoms with Crippen LogP contribution in [0.1, 0.15) is 12.0 Å². The van der Waals surface area contributed by atoms with Crippen LogP contribution >= 0.6 is 0 Å². The molecule has 0 aliphatic carbocycles. The molecule has 7 heteroatoms. The third-order valence-electron chi connectivity index (χ3n) is 1.84. The Morgan fingerprint density at radius 1 is 1.31 bits per heavy atom. The fourth-order valence-electron chi connectivity index (χ4n) is 1.15. The summed E-state index contributed by atoms with van der Waals surface area (Å²) >= 11 is 0. The van der Waals surface area contributed by atoms with Crippen molar-refractivity contribution in [3.63, 3.8) is 0 Å². The lowest BCUT2D eigenvalue weighted by Crippen LogP contribution is -2.21. The van der Waals surface area contributed by atoms with Gasteiger partial charge in [-0.15, -0.1) is 0 Å². The maximum absolute atomic E-state index is 10.7. The molecular weight excluding hydrogens is 232 g/mol. The summed E-state index contributed by atoms with van der Waals surface area (Å²) < 4.78 is 23.5. The van der Waals surface area contributed by atoms with Gasteiger partial charge in [0, 0.05) is 12.1 Å². The van der Waals surface area contributed by atoms with Gasteiger partial charge < -0.3 is 5.11 Å². The molecule has 6 nitrogen and oxygen atoms in total. The second-order valence-corrected chi connectivity index (χ2v) is 4.53. The average molecular weight is 244 g/mol. The Balaban J connectivity index is 2.64. The lowest BCUT2D eigenvalue weighted by Gasteiger charge is -2.04. The summed E-state index contributed by atoms with van der Waals surface area (Å²) in [5.41, 5.74) is 1.17. The van der Waals surface area contributed by atoms with Crippen LogP contribution in [0.15, 0.2) is 24.3 Å². The molecule has 0 bridgehead atoms. The normalized spacial score (nSPS) is 11.1. The highest BCUT2D eigenvalue weighted by molar-refractivity contribution is 7.90. The number of anilines is 1. The van der Waals surface area contributed by atoms with Crippen molar-refractivity contribution < 1.29 is 18.3 Å². The third kappa shape index (κ3) is 4.76. The fraction of sp³-hybridized carbons (Fsp3) is 0.222. The predicted molar refractivity (Wildman–Crippen MR) is 59.1 cm³/mol. The molecule has 1 rings (SSSR count). The first kappa shape index (κ1) is 12.5. The molecule has 0 saturated carbocycles. The molecule has 1 aromatic rings. The molecular formula is C9H12N2O4S. The first-order chi connectivity index (χ1) is 7.37. The van der Waals surface area contributed by atoms with Crippen LogP contribution in [-0.4, -0.2) is 19.5 Å². The number of nitrogens with one attached hydrogen (secondary N) is 1. The van der Waals surface area contributed by atoms with E-state index in [-0.39, 0.29) is 6.42 Å². The van der Waals surface area contributed by atoms with E-state index in [1.807, 2.05) is 0 Å². The molecule has 0 unspecified atom stereocenters. The number of carboxylic acids is 1. The highest BCUT2D eigenvalue weighted by Crippen LogP contribution is 2.11. The summed E-state index contributed by atoms with van der Waals surface area (Å²) in [5.74, 6) is -0.869. The smallest absolute Gasteiger partial charge is 0.303 e. The van der Waals surface area contributed by atoms with Crippen molar-refractivity contribution >= 4 is 21.9 Å². The van der Waals surface area contributed by atoms with Crippen LogP contribution in [0.4, 0.5) is 5.69 Å². The molecule has 16 heavy (non-hydrogen) atoms. The Morgan fingerprint density at radius 3 is 2.31 bits per heavy atom. The number of aliphatic carboxylic acids is 1. The minimum Gasteiger partial charge on any atom is -0.481 e. The van der Waals surface area contributed by atoms with E-state index in [0.29, 0.717) is 12.1 Å². The number of carbonyl (C=O) groups is 1. The molecule has 0 aliphatic rings. The number of rotatable bonds is 5. The van der Waals surface area contributed by atoms with Gasteiger partial charge in [0.1, 0.15) is 0 Å². The number of benzene rings is 1. The molecule has 0 radical (unpaired) electrons. The third-order valence-corrected chi connectivity index (χ3v) is 2.36. The zero-order valence-electron chi connectivity index (χ0n) is 8.38. The van der Waals surface area contributed by atoms with Gasteiger partial charge in [-0.2, -0.15) is 8.42 Å². The maximum Gasteiger partial charge on any atom is 0.303 e. The number of carboxylic acid groups (broad SMARTS) is 1. The van der Waals surface area contributed by atoms with Crippen LogP contribution < -0.4 is 9.86 Å². The van der Waals surface area contributed by atoms with Gasteiger partial charge >= 0.3 is 5.97 Å². The van der Waals surface area contributed by atoms with E-state index < -0.39 is 16.2 Å². The Hall–Kier alpha value is -1.60. The molecule has 0 heterocycles. The van der Waals surface area contributed by atoms with Crippen molar-refractivity contribution in [2.45, 2.75) is 12.8 Å². The van der Waals surface area contributed by atoms with E-state index >= 15 is 0 Å². The van der Waals surface area contributed by atoms with Crippen molar-refractivity contribution in [2.24, 2.45) is 5.14 Å². The number of hydrogen-bond acceptors (Lipinski definition) is 3. The van der Waals surface area contributed by atoms with Gasteiger partial charge in [-0.25, -0.2) is 5.14 Å². The second-order valence-electron chi connectivity index (χ2n) is 3.24.